The van der Waals surface area contributed by atoms with E-state index in [0.29, 0.717) is 23.7 Å². The Morgan fingerprint density at radius 1 is 1.24 bits per heavy atom. The van der Waals surface area contributed by atoms with Crippen LogP contribution in [0.4, 0.5) is 10.3 Å². The standard InChI is InChI=1S/C17H22FN3/c1-12-9-14(10-13(2)16(12)18)11-20-17-19-7-8-21(17)15-5-3-4-6-15/h7-10,15H,3-6,11H2,1-2H3,(H,19,20). The number of hydrogen-bond donors (Lipinski definition) is 1. The lowest BCUT2D eigenvalue weighted by Crippen LogP contribution is -2.11. The number of nitrogens with zero attached hydrogens (tertiary/aromatic N) is 2. The van der Waals surface area contributed by atoms with Gasteiger partial charge in [0.2, 0.25) is 5.95 Å². The average molecular weight is 287 g/mol. The number of halogens is 1. The molecule has 21 heavy (non-hydrogen) atoms. The molecule has 0 atom stereocenters. The smallest absolute Gasteiger partial charge is 0.203 e. The van der Waals surface area contributed by atoms with E-state index in [1.165, 1.54) is 25.7 Å². The van der Waals surface area contributed by atoms with Crippen molar-refractivity contribution in [3.63, 3.8) is 0 Å². The van der Waals surface area contributed by atoms with Gasteiger partial charge in [0.15, 0.2) is 0 Å². The van der Waals surface area contributed by atoms with E-state index in [0.717, 1.165) is 11.5 Å². The maximum Gasteiger partial charge on any atom is 0.203 e. The Balaban J connectivity index is 1.72. The first-order valence-electron chi connectivity index (χ1n) is 7.67. The van der Waals surface area contributed by atoms with Gasteiger partial charge in [0, 0.05) is 25.0 Å². The van der Waals surface area contributed by atoms with Crippen molar-refractivity contribution in [2.24, 2.45) is 0 Å². The van der Waals surface area contributed by atoms with Crippen molar-refractivity contribution in [2.75, 3.05) is 5.32 Å². The van der Waals surface area contributed by atoms with Gasteiger partial charge in [0.25, 0.3) is 0 Å². The average Bonchev–Trinajstić information content (AvgIpc) is 3.12. The second-order valence-corrected chi connectivity index (χ2v) is 5.99. The maximum atomic E-state index is 13.7. The topological polar surface area (TPSA) is 29.9 Å². The van der Waals surface area contributed by atoms with Gasteiger partial charge in [-0.2, -0.15) is 0 Å². The molecule has 3 nitrogen and oxygen atoms in total. The molecule has 1 fully saturated rings. The molecule has 0 unspecified atom stereocenters. The number of rotatable bonds is 4. The van der Waals surface area contributed by atoms with Crippen molar-refractivity contribution in [1.29, 1.82) is 0 Å². The van der Waals surface area contributed by atoms with Crippen LogP contribution in [0.25, 0.3) is 0 Å². The fourth-order valence-corrected chi connectivity index (χ4v) is 3.25. The lowest BCUT2D eigenvalue weighted by atomic mass is 10.1. The van der Waals surface area contributed by atoms with E-state index in [9.17, 15) is 4.39 Å². The Morgan fingerprint density at radius 3 is 2.57 bits per heavy atom. The van der Waals surface area contributed by atoms with Crippen LogP contribution < -0.4 is 5.32 Å². The highest BCUT2D eigenvalue weighted by Crippen LogP contribution is 2.31. The molecule has 1 heterocycles. The fraction of sp³-hybridized carbons (Fsp3) is 0.471. The molecule has 0 aliphatic heterocycles. The minimum absolute atomic E-state index is 0.105. The van der Waals surface area contributed by atoms with E-state index in [2.05, 4.69) is 21.1 Å². The number of benzene rings is 1. The first-order valence-corrected chi connectivity index (χ1v) is 7.67. The highest BCUT2D eigenvalue weighted by molar-refractivity contribution is 5.34. The highest BCUT2D eigenvalue weighted by Gasteiger charge is 2.19. The number of imidazole rings is 1. The third kappa shape index (κ3) is 2.94. The van der Waals surface area contributed by atoms with E-state index < -0.39 is 0 Å². The van der Waals surface area contributed by atoms with E-state index in [1.807, 2.05) is 32.2 Å². The number of anilines is 1. The molecule has 112 valence electrons. The molecular formula is C17H22FN3. The van der Waals surface area contributed by atoms with Crippen molar-refractivity contribution in [3.8, 4) is 0 Å². The number of aryl methyl sites for hydroxylation is 2. The molecule has 0 saturated heterocycles. The van der Waals surface area contributed by atoms with Crippen molar-refractivity contribution < 1.29 is 4.39 Å². The Morgan fingerprint density at radius 2 is 1.90 bits per heavy atom. The van der Waals surface area contributed by atoms with Crippen LogP contribution in [0.3, 0.4) is 0 Å². The van der Waals surface area contributed by atoms with Gasteiger partial charge in [-0.3, -0.25) is 0 Å². The summed E-state index contributed by atoms with van der Waals surface area (Å²) in [4.78, 5) is 4.42. The van der Waals surface area contributed by atoms with Gasteiger partial charge < -0.3 is 9.88 Å². The van der Waals surface area contributed by atoms with E-state index in [4.69, 9.17) is 0 Å². The van der Waals surface area contributed by atoms with Crippen LogP contribution in [-0.2, 0) is 6.54 Å². The molecule has 3 rings (SSSR count). The lowest BCUT2D eigenvalue weighted by Gasteiger charge is -2.16. The predicted octanol–water partition coefficient (Wildman–Crippen LogP) is 4.37. The summed E-state index contributed by atoms with van der Waals surface area (Å²) in [6.07, 6.45) is 8.98. The molecule has 1 aromatic heterocycles. The summed E-state index contributed by atoms with van der Waals surface area (Å²) in [5.41, 5.74) is 2.49. The summed E-state index contributed by atoms with van der Waals surface area (Å²) in [5, 5.41) is 3.39. The van der Waals surface area contributed by atoms with Gasteiger partial charge in [-0.25, -0.2) is 9.37 Å². The van der Waals surface area contributed by atoms with E-state index >= 15 is 0 Å². The van der Waals surface area contributed by atoms with E-state index in [-0.39, 0.29) is 5.82 Å². The summed E-state index contributed by atoms with van der Waals surface area (Å²) < 4.78 is 15.9. The molecule has 1 aliphatic carbocycles. The quantitative estimate of drug-likeness (QED) is 0.905. The minimum atomic E-state index is -0.105. The Hall–Kier alpha value is -1.84. The maximum absolute atomic E-state index is 13.7. The zero-order chi connectivity index (χ0) is 14.8. The molecule has 0 bridgehead atoms. The molecule has 1 saturated carbocycles. The van der Waals surface area contributed by atoms with Crippen LogP contribution in [0.1, 0.15) is 48.4 Å². The van der Waals surface area contributed by atoms with Gasteiger partial charge in [0.05, 0.1) is 0 Å². The summed E-state index contributed by atoms with van der Waals surface area (Å²) in [5.74, 6) is 0.813. The number of aromatic nitrogens is 2. The molecule has 2 aromatic rings. The molecular weight excluding hydrogens is 265 g/mol. The van der Waals surface area contributed by atoms with Gasteiger partial charge in [0.1, 0.15) is 5.82 Å². The third-order valence-corrected chi connectivity index (χ3v) is 4.33. The van der Waals surface area contributed by atoms with Crippen LogP contribution in [0.2, 0.25) is 0 Å². The Bertz CT molecular complexity index is 604. The highest BCUT2D eigenvalue weighted by atomic mass is 19.1. The molecule has 1 aromatic carbocycles. The zero-order valence-corrected chi connectivity index (χ0v) is 12.7. The fourth-order valence-electron chi connectivity index (χ4n) is 3.25. The first-order chi connectivity index (χ1) is 10.1. The van der Waals surface area contributed by atoms with Crippen molar-refractivity contribution >= 4 is 5.95 Å². The van der Waals surface area contributed by atoms with Crippen LogP contribution in [0.15, 0.2) is 24.5 Å². The van der Waals surface area contributed by atoms with Crippen molar-refractivity contribution in [2.45, 2.75) is 52.1 Å². The van der Waals surface area contributed by atoms with Gasteiger partial charge in [-0.1, -0.05) is 25.0 Å². The van der Waals surface area contributed by atoms with Crippen LogP contribution in [0, 0.1) is 19.7 Å². The number of nitrogens with one attached hydrogen (secondary N) is 1. The van der Waals surface area contributed by atoms with Gasteiger partial charge in [-0.15, -0.1) is 0 Å². The van der Waals surface area contributed by atoms with Gasteiger partial charge >= 0.3 is 0 Å². The lowest BCUT2D eigenvalue weighted by molar-refractivity contribution is 0.523. The molecule has 1 N–H and O–H groups in total. The molecule has 4 heteroatoms. The van der Waals surface area contributed by atoms with Crippen LogP contribution >= 0.6 is 0 Å². The molecule has 0 spiro atoms. The summed E-state index contributed by atoms with van der Waals surface area (Å²) in [6.45, 7) is 4.29. The Kier molecular flexibility index (Phi) is 3.95. The van der Waals surface area contributed by atoms with Crippen molar-refractivity contribution in [1.82, 2.24) is 9.55 Å². The summed E-state index contributed by atoms with van der Waals surface area (Å²) >= 11 is 0. The summed E-state index contributed by atoms with van der Waals surface area (Å²) in [6, 6.07) is 4.38. The zero-order valence-electron chi connectivity index (χ0n) is 12.7. The van der Waals surface area contributed by atoms with Crippen molar-refractivity contribution in [3.05, 3.63) is 47.0 Å². The first kappa shape index (κ1) is 14.1. The van der Waals surface area contributed by atoms with E-state index in [1.54, 1.807) is 0 Å². The normalized spacial score (nSPS) is 15.6. The van der Waals surface area contributed by atoms with Gasteiger partial charge in [-0.05, 0) is 43.4 Å². The number of hydrogen-bond acceptors (Lipinski definition) is 2. The second kappa shape index (κ2) is 5.88. The molecule has 1 aliphatic rings. The molecule has 0 radical (unpaired) electrons. The van der Waals surface area contributed by atoms with Crippen LogP contribution in [-0.4, -0.2) is 9.55 Å². The third-order valence-electron chi connectivity index (χ3n) is 4.33. The minimum Gasteiger partial charge on any atom is -0.352 e. The largest absolute Gasteiger partial charge is 0.352 e. The Labute approximate surface area is 125 Å². The SMILES string of the molecule is Cc1cc(CNc2nccn2C2CCCC2)cc(C)c1F. The second-order valence-electron chi connectivity index (χ2n) is 5.99. The molecule has 0 amide bonds. The predicted molar refractivity (Wildman–Crippen MR) is 82.9 cm³/mol. The summed E-state index contributed by atoms with van der Waals surface area (Å²) in [7, 11) is 0. The van der Waals surface area contributed by atoms with Crippen LogP contribution in [0.5, 0.6) is 0 Å². The monoisotopic (exact) mass is 287 g/mol.